The third kappa shape index (κ3) is 3.16. The monoisotopic (exact) mass is 352 g/mol. The molecule has 2 saturated heterocycles. The fraction of sp³-hybridized carbons (Fsp3) is 0.524. The van der Waals surface area contributed by atoms with E-state index in [9.17, 15) is 5.11 Å². The molecule has 0 aliphatic carbocycles. The maximum atomic E-state index is 10.3. The number of piperidine rings is 2. The normalized spacial score (nSPS) is 23.7. The third-order valence-corrected chi connectivity index (χ3v) is 5.96. The zero-order valence-electron chi connectivity index (χ0n) is 15.9. The van der Waals surface area contributed by atoms with Gasteiger partial charge in [0.1, 0.15) is 5.75 Å². The molecule has 2 aromatic rings. The number of phenolic OH excluding ortho intramolecular Hbond substituents is 1. The second-order valence-electron chi connectivity index (χ2n) is 7.97. The molecule has 2 fully saturated rings. The lowest BCUT2D eigenvalue weighted by Gasteiger charge is -2.47. The molecule has 2 aliphatic heterocycles. The summed E-state index contributed by atoms with van der Waals surface area (Å²) in [6, 6.07) is 8.45. The summed E-state index contributed by atoms with van der Waals surface area (Å²) in [7, 11) is 2.21. The van der Waals surface area contributed by atoms with Crippen molar-refractivity contribution in [3.63, 3.8) is 0 Å². The number of benzene rings is 1. The van der Waals surface area contributed by atoms with Gasteiger partial charge in [-0.1, -0.05) is 6.07 Å². The Morgan fingerprint density at radius 3 is 2.65 bits per heavy atom. The van der Waals surface area contributed by atoms with Crippen LogP contribution in [0.25, 0.3) is 11.3 Å². The highest BCUT2D eigenvalue weighted by Gasteiger charge is 2.35. The number of likely N-dealkylation sites (N-methyl/N-ethyl adjacent to an activating group) is 1. The second kappa shape index (κ2) is 6.88. The lowest BCUT2D eigenvalue weighted by molar-refractivity contribution is 0.158. The SMILES string of the molecule is Cc1cc(C)c(-c2ccc(N3CCC[C@@H]4CCN(C)C[C@@H]43)nn2)c(O)c1. The van der Waals surface area contributed by atoms with Crippen LogP contribution in [-0.2, 0) is 0 Å². The van der Waals surface area contributed by atoms with Crippen molar-refractivity contribution < 1.29 is 5.11 Å². The zero-order valence-corrected chi connectivity index (χ0v) is 15.9. The van der Waals surface area contributed by atoms with Crippen LogP contribution in [0.5, 0.6) is 5.75 Å². The van der Waals surface area contributed by atoms with Crippen molar-refractivity contribution in [3.8, 4) is 17.0 Å². The van der Waals surface area contributed by atoms with Gasteiger partial charge in [0.25, 0.3) is 0 Å². The largest absolute Gasteiger partial charge is 0.507 e. The van der Waals surface area contributed by atoms with E-state index < -0.39 is 0 Å². The minimum atomic E-state index is 0.275. The number of rotatable bonds is 2. The molecule has 5 heteroatoms. The van der Waals surface area contributed by atoms with E-state index >= 15 is 0 Å². The van der Waals surface area contributed by atoms with Gasteiger partial charge in [0.15, 0.2) is 5.82 Å². The predicted molar refractivity (Wildman–Crippen MR) is 105 cm³/mol. The summed E-state index contributed by atoms with van der Waals surface area (Å²) < 4.78 is 0. The molecule has 1 aromatic heterocycles. The molecular weight excluding hydrogens is 324 g/mol. The molecule has 0 unspecified atom stereocenters. The molecule has 5 nitrogen and oxygen atoms in total. The molecule has 0 bridgehead atoms. The molecule has 1 N–H and O–H groups in total. The zero-order chi connectivity index (χ0) is 18.3. The maximum absolute atomic E-state index is 10.3. The predicted octanol–water partition coefficient (Wildman–Crippen LogP) is 3.39. The highest BCUT2D eigenvalue weighted by atomic mass is 16.3. The van der Waals surface area contributed by atoms with Crippen molar-refractivity contribution in [2.45, 2.75) is 39.2 Å². The molecule has 2 aliphatic rings. The summed E-state index contributed by atoms with van der Waals surface area (Å²) in [6.45, 7) is 7.35. The van der Waals surface area contributed by atoms with E-state index in [1.54, 1.807) is 6.07 Å². The Kier molecular flexibility index (Phi) is 4.57. The summed E-state index contributed by atoms with van der Waals surface area (Å²) in [5, 5.41) is 19.4. The Balaban J connectivity index is 1.62. The molecule has 3 heterocycles. The number of phenols is 1. The summed E-state index contributed by atoms with van der Waals surface area (Å²) in [5.74, 6) is 2.00. The van der Waals surface area contributed by atoms with Crippen molar-refractivity contribution in [3.05, 3.63) is 35.4 Å². The van der Waals surface area contributed by atoms with E-state index in [0.29, 0.717) is 6.04 Å². The highest BCUT2D eigenvalue weighted by Crippen LogP contribution is 2.35. The number of aryl methyl sites for hydroxylation is 2. The fourth-order valence-electron chi connectivity index (χ4n) is 4.69. The first kappa shape index (κ1) is 17.3. The van der Waals surface area contributed by atoms with E-state index in [1.807, 2.05) is 19.9 Å². The van der Waals surface area contributed by atoms with E-state index in [-0.39, 0.29) is 5.75 Å². The van der Waals surface area contributed by atoms with Crippen molar-refractivity contribution in [1.29, 1.82) is 0 Å². The van der Waals surface area contributed by atoms with E-state index in [2.05, 4.69) is 39.2 Å². The van der Waals surface area contributed by atoms with Crippen LogP contribution < -0.4 is 4.90 Å². The van der Waals surface area contributed by atoms with Gasteiger partial charge in [0.05, 0.1) is 5.69 Å². The molecule has 0 amide bonds. The van der Waals surface area contributed by atoms with Crippen LogP contribution in [-0.4, -0.2) is 52.9 Å². The first-order chi connectivity index (χ1) is 12.5. The minimum absolute atomic E-state index is 0.275. The van der Waals surface area contributed by atoms with Crippen LogP contribution >= 0.6 is 0 Å². The average molecular weight is 352 g/mol. The molecule has 2 atom stereocenters. The number of likely N-dealkylation sites (tertiary alicyclic amines) is 1. The Morgan fingerprint density at radius 1 is 1.08 bits per heavy atom. The Hall–Kier alpha value is -2.14. The van der Waals surface area contributed by atoms with Gasteiger partial charge in [-0.25, -0.2) is 0 Å². The Labute approximate surface area is 155 Å². The Morgan fingerprint density at radius 2 is 1.92 bits per heavy atom. The first-order valence-electron chi connectivity index (χ1n) is 9.62. The number of fused-ring (bicyclic) bond motifs is 1. The summed E-state index contributed by atoms with van der Waals surface area (Å²) in [5.41, 5.74) is 3.59. The molecule has 0 saturated carbocycles. The first-order valence-corrected chi connectivity index (χ1v) is 9.62. The highest BCUT2D eigenvalue weighted by molar-refractivity contribution is 5.71. The maximum Gasteiger partial charge on any atom is 0.151 e. The van der Waals surface area contributed by atoms with Crippen molar-refractivity contribution in [2.24, 2.45) is 5.92 Å². The number of anilines is 1. The van der Waals surface area contributed by atoms with Crippen molar-refractivity contribution in [1.82, 2.24) is 15.1 Å². The van der Waals surface area contributed by atoms with E-state index in [1.165, 1.54) is 25.8 Å². The van der Waals surface area contributed by atoms with E-state index in [0.717, 1.165) is 47.2 Å². The third-order valence-electron chi connectivity index (χ3n) is 5.96. The lowest BCUT2D eigenvalue weighted by atomic mass is 9.83. The van der Waals surface area contributed by atoms with Crippen LogP contribution in [0.3, 0.4) is 0 Å². The van der Waals surface area contributed by atoms with Gasteiger partial charge < -0.3 is 14.9 Å². The summed E-state index contributed by atoms with van der Waals surface area (Å²) in [6.07, 6.45) is 3.84. The van der Waals surface area contributed by atoms with Crippen LogP contribution in [0, 0.1) is 19.8 Å². The number of aromatic nitrogens is 2. The molecule has 138 valence electrons. The number of hydrogen-bond donors (Lipinski definition) is 1. The molecule has 0 radical (unpaired) electrons. The van der Waals surface area contributed by atoms with Gasteiger partial charge in [-0.15, -0.1) is 10.2 Å². The van der Waals surface area contributed by atoms with Crippen LogP contribution in [0.2, 0.25) is 0 Å². The topological polar surface area (TPSA) is 52.5 Å². The molecule has 26 heavy (non-hydrogen) atoms. The van der Waals surface area contributed by atoms with Gasteiger partial charge in [-0.05, 0) is 81.9 Å². The van der Waals surface area contributed by atoms with Crippen LogP contribution in [0.15, 0.2) is 24.3 Å². The Bertz CT molecular complexity index is 766. The molecule has 4 rings (SSSR count). The van der Waals surface area contributed by atoms with Gasteiger partial charge >= 0.3 is 0 Å². The lowest BCUT2D eigenvalue weighted by Crippen LogP contribution is -2.55. The summed E-state index contributed by atoms with van der Waals surface area (Å²) >= 11 is 0. The standard InChI is InChI=1S/C21H28N4O/c1-14-11-15(2)21(19(26)12-14)17-6-7-20(23-22-17)25-9-4-5-16-8-10-24(3)13-18(16)25/h6-7,11-12,16,18,26H,4-5,8-10,13H2,1-3H3/t16-,18+/m1/s1. The van der Waals surface area contributed by atoms with E-state index in [4.69, 9.17) is 0 Å². The fourth-order valence-corrected chi connectivity index (χ4v) is 4.69. The second-order valence-corrected chi connectivity index (χ2v) is 7.97. The smallest absolute Gasteiger partial charge is 0.151 e. The molecule has 1 aromatic carbocycles. The number of aromatic hydroxyl groups is 1. The minimum Gasteiger partial charge on any atom is -0.507 e. The summed E-state index contributed by atoms with van der Waals surface area (Å²) in [4.78, 5) is 4.87. The van der Waals surface area contributed by atoms with Gasteiger partial charge in [-0.3, -0.25) is 0 Å². The molecular formula is C21H28N4O. The van der Waals surface area contributed by atoms with Crippen molar-refractivity contribution in [2.75, 3.05) is 31.6 Å². The van der Waals surface area contributed by atoms with Crippen molar-refractivity contribution >= 4 is 5.82 Å². The van der Waals surface area contributed by atoms with Gasteiger partial charge in [0, 0.05) is 24.7 Å². The van der Waals surface area contributed by atoms with Crippen LogP contribution in [0.4, 0.5) is 5.82 Å². The van der Waals surface area contributed by atoms with Crippen LogP contribution in [0.1, 0.15) is 30.4 Å². The van der Waals surface area contributed by atoms with Gasteiger partial charge in [0.2, 0.25) is 0 Å². The molecule has 0 spiro atoms. The quantitative estimate of drug-likeness (QED) is 0.898. The average Bonchev–Trinajstić information content (AvgIpc) is 2.61. The number of nitrogens with zero attached hydrogens (tertiary/aromatic N) is 4. The number of hydrogen-bond acceptors (Lipinski definition) is 5. The van der Waals surface area contributed by atoms with Gasteiger partial charge in [-0.2, -0.15) is 0 Å².